The van der Waals surface area contributed by atoms with Crippen molar-refractivity contribution in [2.45, 2.75) is 24.3 Å². The van der Waals surface area contributed by atoms with E-state index in [1.165, 1.54) is 30.3 Å². The summed E-state index contributed by atoms with van der Waals surface area (Å²) in [4.78, 5) is 19.0. The molecule has 2 aromatic carbocycles. The molecule has 0 spiro atoms. The molecule has 2 heterocycles. The topological polar surface area (TPSA) is 105 Å². The second-order valence-electron chi connectivity index (χ2n) is 6.58. The Labute approximate surface area is 167 Å². The van der Waals surface area contributed by atoms with Crippen LogP contribution in [0.2, 0.25) is 0 Å². The quantitative estimate of drug-likeness (QED) is 0.473. The van der Waals surface area contributed by atoms with Gasteiger partial charge in [-0.1, -0.05) is 37.3 Å². The smallest absolute Gasteiger partial charge is 0.336 e. The first-order chi connectivity index (χ1) is 14.0. The van der Waals surface area contributed by atoms with E-state index in [2.05, 4.69) is 14.7 Å². The number of benzene rings is 2. The third-order valence-electron chi connectivity index (χ3n) is 4.62. The first-order valence-corrected chi connectivity index (χ1v) is 10.6. The van der Waals surface area contributed by atoms with E-state index < -0.39 is 21.7 Å². The van der Waals surface area contributed by atoms with Crippen LogP contribution in [0.1, 0.15) is 25.2 Å². The molecular formula is C21H19N3O4S. The maximum Gasteiger partial charge on any atom is 0.336 e. The van der Waals surface area contributed by atoms with Crippen LogP contribution in [0.25, 0.3) is 22.2 Å². The van der Waals surface area contributed by atoms with E-state index in [-0.39, 0.29) is 4.90 Å². The summed E-state index contributed by atoms with van der Waals surface area (Å²) in [7, 11) is -3.81. The van der Waals surface area contributed by atoms with Crippen molar-refractivity contribution >= 4 is 21.0 Å². The molecule has 2 aromatic heterocycles. The van der Waals surface area contributed by atoms with Crippen molar-refractivity contribution in [3.05, 3.63) is 83.1 Å². The first kappa shape index (κ1) is 19.1. The number of nitrogens with zero attached hydrogens (tertiary/aromatic N) is 1. The molecule has 0 fully saturated rings. The SMILES string of the molecule is CCC(NS(=O)(=O)c1ccc2oc(=O)ccc2c1)c1ncc(-c2ccccc2)[nH]1. The number of sulfonamides is 1. The van der Waals surface area contributed by atoms with E-state index in [1.807, 2.05) is 37.3 Å². The lowest BCUT2D eigenvalue weighted by atomic mass is 10.2. The second-order valence-corrected chi connectivity index (χ2v) is 8.30. The molecule has 1 unspecified atom stereocenters. The van der Waals surface area contributed by atoms with E-state index in [9.17, 15) is 13.2 Å². The van der Waals surface area contributed by atoms with Gasteiger partial charge in [-0.25, -0.2) is 22.9 Å². The number of fused-ring (bicyclic) bond motifs is 1. The number of hydrogen-bond acceptors (Lipinski definition) is 5. The summed E-state index contributed by atoms with van der Waals surface area (Å²) in [5, 5.41) is 0.532. The Kier molecular flexibility index (Phi) is 5.04. The number of hydrogen-bond donors (Lipinski definition) is 2. The van der Waals surface area contributed by atoms with Gasteiger partial charge in [0.2, 0.25) is 10.0 Å². The highest BCUT2D eigenvalue weighted by molar-refractivity contribution is 7.89. The van der Waals surface area contributed by atoms with Crippen LogP contribution in [0.4, 0.5) is 0 Å². The third-order valence-corrected chi connectivity index (χ3v) is 6.09. The van der Waals surface area contributed by atoms with Gasteiger partial charge in [0, 0.05) is 11.5 Å². The largest absolute Gasteiger partial charge is 0.423 e. The molecule has 7 nitrogen and oxygen atoms in total. The lowest BCUT2D eigenvalue weighted by Crippen LogP contribution is -2.29. The van der Waals surface area contributed by atoms with Crippen LogP contribution >= 0.6 is 0 Å². The van der Waals surface area contributed by atoms with E-state index in [4.69, 9.17) is 4.42 Å². The van der Waals surface area contributed by atoms with Gasteiger partial charge in [-0.05, 0) is 36.2 Å². The number of rotatable bonds is 6. The van der Waals surface area contributed by atoms with Crippen molar-refractivity contribution in [2.75, 3.05) is 0 Å². The highest BCUT2D eigenvalue weighted by Crippen LogP contribution is 2.23. The van der Waals surface area contributed by atoms with Crippen molar-refractivity contribution < 1.29 is 12.8 Å². The van der Waals surface area contributed by atoms with E-state index in [1.54, 1.807) is 6.20 Å². The van der Waals surface area contributed by atoms with Gasteiger partial charge < -0.3 is 9.40 Å². The Bertz CT molecular complexity index is 1310. The third kappa shape index (κ3) is 3.98. The number of imidazole rings is 1. The number of aromatic amines is 1. The summed E-state index contributed by atoms with van der Waals surface area (Å²) < 4.78 is 33.6. The molecule has 0 saturated carbocycles. The fraction of sp³-hybridized carbons (Fsp3) is 0.143. The molecule has 0 bridgehead atoms. The fourth-order valence-corrected chi connectivity index (χ4v) is 4.40. The van der Waals surface area contributed by atoms with Crippen LogP contribution in [-0.4, -0.2) is 18.4 Å². The van der Waals surface area contributed by atoms with Gasteiger partial charge in [-0.2, -0.15) is 0 Å². The number of aromatic nitrogens is 2. The molecule has 4 rings (SSSR count). The van der Waals surface area contributed by atoms with Crippen molar-refractivity contribution in [1.82, 2.24) is 14.7 Å². The van der Waals surface area contributed by atoms with Gasteiger partial charge in [0.1, 0.15) is 11.4 Å². The highest BCUT2D eigenvalue weighted by atomic mass is 32.2. The molecule has 0 aliphatic heterocycles. The van der Waals surface area contributed by atoms with Crippen LogP contribution in [-0.2, 0) is 10.0 Å². The van der Waals surface area contributed by atoms with Crippen LogP contribution in [0, 0.1) is 0 Å². The molecule has 2 N–H and O–H groups in total. The average molecular weight is 409 g/mol. The standard InChI is InChI=1S/C21H19N3O4S/c1-2-17(21-22-13-18(23-21)14-6-4-3-5-7-14)24-29(26,27)16-9-10-19-15(12-16)8-11-20(25)28-19/h3-13,17,24H,2H2,1H3,(H,22,23). The minimum absolute atomic E-state index is 0.0899. The Morgan fingerprint density at radius 3 is 2.66 bits per heavy atom. The zero-order valence-corrected chi connectivity index (χ0v) is 16.4. The predicted octanol–water partition coefficient (Wildman–Crippen LogP) is 3.61. The Morgan fingerprint density at radius 1 is 1.10 bits per heavy atom. The van der Waals surface area contributed by atoms with E-state index in [0.29, 0.717) is 23.2 Å². The molecule has 0 aliphatic rings. The summed E-state index contributed by atoms with van der Waals surface area (Å²) in [6, 6.07) is 16.3. The van der Waals surface area contributed by atoms with Gasteiger partial charge in [-0.15, -0.1) is 0 Å². The van der Waals surface area contributed by atoms with Gasteiger partial charge in [0.25, 0.3) is 0 Å². The Balaban J connectivity index is 1.62. The second kappa shape index (κ2) is 7.65. The molecule has 1 atom stereocenters. The summed E-state index contributed by atoms with van der Waals surface area (Å²) in [5.41, 5.74) is 1.64. The molecule has 148 valence electrons. The van der Waals surface area contributed by atoms with Crippen LogP contribution in [0.5, 0.6) is 0 Å². The van der Waals surface area contributed by atoms with Crippen LogP contribution < -0.4 is 10.3 Å². The monoisotopic (exact) mass is 409 g/mol. The van der Waals surface area contributed by atoms with Gasteiger partial charge >= 0.3 is 5.63 Å². The minimum atomic E-state index is -3.81. The maximum atomic E-state index is 12.9. The van der Waals surface area contributed by atoms with E-state index >= 15 is 0 Å². The summed E-state index contributed by atoms with van der Waals surface area (Å²) in [5.74, 6) is 0.543. The molecule has 0 amide bonds. The first-order valence-electron chi connectivity index (χ1n) is 9.13. The van der Waals surface area contributed by atoms with Gasteiger partial charge in [0.15, 0.2) is 0 Å². The van der Waals surface area contributed by atoms with E-state index in [0.717, 1.165) is 11.3 Å². The zero-order valence-electron chi connectivity index (χ0n) is 15.6. The average Bonchev–Trinajstić information content (AvgIpc) is 3.22. The molecule has 0 radical (unpaired) electrons. The summed E-state index contributed by atoms with van der Waals surface area (Å²) in [6.45, 7) is 1.88. The normalized spacial score (nSPS) is 12.9. The molecule has 0 aliphatic carbocycles. The molecular weight excluding hydrogens is 390 g/mol. The highest BCUT2D eigenvalue weighted by Gasteiger charge is 2.23. The number of H-pyrrole nitrogens is 1. The minimum Gasteiger partial charge on any atom is -0.423 e. The Hall–Kier alpha value is -3.23. The lowest BCUT2D eigenvalue weighted by molar-refractivity contribution is 0.539. The summed E-state index contributed by atoms with van der Waals surface area (Å²) in [6.07, 6.45) is 2.21. The lowest BCUT2D eigenvalue weighted by Gasteiger charge is -2.15. The van der Waals surface area contributed by atoms with Crippen molar-refractivity contribution in [3.8, 4) is 11.3 Å². The fourth-order valence-electron chi connectivity index (χ4n) is 3.08. The van der Waals surface area contributed by atoms with Crippen LogP contribution in [0.15, 0.2) is 81.0 Å². The van der Waals surface area contributed by atoms with Crippen molar-refractivity contribution in [1.29, 1.82) is 0 Å². The predicted molar refractivity (Wildman–Crippen MR) is 110 cm³/mol. The van der Waals surface area contributed by atoms with Gasteiger partial charge in [-0.3, -0.25) is 0 Å². The maximum absolute atomic E-state index is 12.9. The van der Waals surface area contributed by atoms with Crippen molar-refractivity contribution in [3.63, 3.8) is 0 Å². The molecule has 4 aromatic rings. The molecule has 8 heteroatoms. The van der Waals surface area contributed by atoms with Gasteiger partial charge in [0.05, 0.1) is 22.8 Å². The Morgan fingerprint density at radius 2 is 1.90 bits per heavy atom. The zero-order chi connectivity index (χ0) is 20.4. The molecule has 0 saturated heterocycles. The summed E-state index contributed by atoms with van der Waals surface area (Å²) >= 11 is 0. The van der Waals surface area contributed by atoms with Crippen molar-refractivity contribution in [2.24, 2.45) is 0 Å². The molecule has 29 heavy (non-hydrogen) atoms. The van der Waals surface area contributed by atoms with Crippen LogP contribution in [0.3, 0.4) is 0 Å². The number of nitrogens with one attached hydrogen (secondary N) is 2.